The monoisotopic (exact) mass is 749 g/mol. The van der Waals surface area contributed by atoms with E-state index in [2.05, 4.69) is 144 Å². The van der Waals surface area contributed by atoms with E-state index in [1.165, 1.54) is 0 Å². The van der Waals surface area contributed by atoms with Crippen LogP contribution in [0, 0.1) is 20.8 Å². The van der Waals surface area contributed by atoms with Crippen molar-refractivity contribution in [3.63, 3.8) is 0 Å². The number of aromatic hydroxyl groups is 1. The van der Waals surface area contributed by atoms with Crippen LogP contribution in [-0.4, -0.2) is 19.6 Å². The topological polar surface area (TPSA) is 50.9 Å². The molecule has 0 atom stereocenters. The predicted molar refractivity (Wildman–Crippen MR) is 239 cm³/mol. The second-order valence-electron chi connectivity index (χ2n) is 17.2. The summed E-state index contributed by atoms with van der Waals surface area (Å²) < 4.78 is 36.7. The molecule has 0 amide bonds. The molecule has 8 aromatic rings. The molecule has 2 aromatic heterocycles. The smallest absolute Gasteiger partial charge is 0.149 e. The molecule has 0 aliphatic rings. The summed E-state index contributed by atoms with van der Waals surface area (Å²) in [6, 6.07) is 37.1. The van der Waals surface area contributed by atoms with Crippen molar-refractivity contribution in [3.05, 3.63) is 167 Å². The zero-order chi connectivity index (χ0) is 43.7. The number of benzene rings is 6. The second kappa shape index (κ2) is 14.4. The van der Waals surface area contributed by atoms with E-state index in [1.54, 1.807) is 19.2 Å². The number of nitrogens with zero attached hydrogens (tertiary/aromatic N) is 3. The minimum Gasteiger partial charge on any atom is -0.507 e. The number of para-hydroxylation sites is 1. The number of aromatic nitrogens is 3. The van der Waals surface area contributed by atoms with Gasteiger partial charge in [-0.2, -0.15) is 0 Å². The minimum atomic E-state index is -0.246. The van der Waals surface area contributed by atoms with Crippen LogP contribution in [0.15, 0.2) is 140 Å². The van der Waals surface area contributed by atoms with Gasteiger partial charge in [0.1, 0.15) is 11.6 Å². The van der Waals surface area contributed by atoms with Crippen molar-refractivity contribution < 1.29 is 10.6 Å². The van der Waals surface area contributed by atoms with Crippen LogP contribution in [0.25, 0.3) is 72.7 Å². The van der Waals surface area contributed by atoms with Crippen LogP contribution in [0.2, 0.25) is 0 Å². The maximum Gasteiger partial charge on any atom is 0.149 e. The third kappa shape index (κ3) is 7.29. The lowest BCUT2D eigenvalue weighted by Crippen LogP contribution is -2.12. The summed E-state index contributed by atoms with van der Waals surface area (Å²) in [5, 5.41) is 11.9. The summed E-state index contributed by atoms with van der Waals surface area (Å²) in [4.78, 5) is 10.3. The highest BCUT2D eigenvalue weighted by atomic mass is 16.3. The number of phenolic OH excluding ortho intramolecular Hbond substituents is 1. The molecule has 6 aromatic carbocycles. The van der Waals surface area contributed by atoms with Crippen LogP contribution >= 0.6 is 0 Å². The van der Waals surface area contributed by atoms with Gasteiger partial charge in [-0.3, -0.25) is 9.55 Å². The Morgan fingerprint density at radius 2 is 1.26 bits per heavy atom. The molecular formula is C53H51N3O. The average molecular weight is 750 g/mol. The largest absolute Gasteiger partial charge is 0.507 e. The molecule has 0 aliphatic carbocycles. The van der Waals surface area contributed by atoms with Crippen LogP contribution in [0.5, 0.6) is 5.75 Å². The Hall–Kier alpha value is -6.26. The molecule has 0 saturated heterocycles. The zero-order valence-electron chi connectivity index (χ0n) is 38.3. The first-order chi connectivity index (χ1) is 28.8. The molecule has 1 N–H and O–H groups in total. The number of pyridine rings is 1. The minimum absolute atomic E-state index is 0.0478. The van der Waals surface area contributed by atoms with Crippen LogP contribution in [0.4, 0.5) is 0 Å². The van der Waals surface area contributed by atoms with E-state index in [4.69, 9.17) is 15.5 Å². The quantitative estimate of drug-likeness (QED) is 0.184. The molecule has 0 fully saturated rings. The molecule has 0 spiro atoms. The predicted octanol–water partition coefficient (Wildman–Crippen LogP) is 14.0. The molecule has 0 unspecified atom stereocenters. The third-order valence-electron chi connectivity index (χ3n) is 10.8. The fourth-order valence-corrected chi connectivity index (χ4v) is 7.46. The van der Waals surface area contributed by atoms with Gasteiger partial charge >= 0.3 is 0 Å². The van der Waals surface area contributed by atoms with Crippen molar-refractivity contribution in [2.24, 2.45) is 0 Å². The van der Waals surface area contributed by atoms with Crippen LogP contribution < -0.4 is 0 Å². The second-order valence-corrected chi connectivity index (χ2v) is 17.2. The van der Waals surface area contributed by atoms with E-state index in [0.29, 0.717) is 28.2 Å². The molecule has 0 bridgehead atoms. The molecule has 0 aliphatic heterocycles. The third-order valence-corrected chi connectivity index (χ3v) is 10.8. The summed E-state index contributed by atoms with van der Waals surface area (Å²) in [6.45, 7) is 18.7. The molecule has 0 saturated carbocycles. The molecular weight excluding hydrogens is 695 g/mol. The van der Waals surface area contributed by atoms with Gasteiger partial charge in [0, 0.05) is 22.9 Å². The summed E-state index contributed by atoms with van der Waals surface area (Å²) in [7, 11) is 0. The van der Waals surface area contributed by atoms with Crippen molar-refractivity contribution >= 4 is 11.0 Å². The summed E-state index contributed by atoms with van der Waals surface area (Å²) in [6.07, 6.45) is 1.67. The highest BCUT2D eigenvalue weighted by Gasteiger charge is 2.26. The zero-order valence-corrected chi connectivity index (χ0v) is 34.3. The van der Waals surface area contributed by atoms with Crippen LogP contribution in [0.3, 0.4) is 0 Å². The molecule has 2 heterocycles. The summed E-state index contributed by atoms with van der Waals surface area (Å²) in [5.74, 6) is 0.826. The van der Waals surface area contributed by atoms with E-state index in [1.807, 2.05) is 19.1 Å². The Labute approximate surface area is 343 Å². The van der Waals surface area contributed by atoms with Gasteiger partial charge in [0.25, 0.3) is 0 Å². The lowest BCUT2D eigenvalue weighted by atomic mass is 9.83. The van der Waals surface area contributed by atoms with Gasteiger partial charge < -0.3 is 5.11 Å². The fourth-order valence-electron chi connectivity index (χ4n) is 7.46. The van der Waals surface area contributed by atoms with Crippen molar-refractivity contribution in [1.29, 1.82) is 0 Å². The lowest BCUT2D eigenvalue weighted by molar-refractivity contribution is 0.471. The average Bonchev–Trinajstić information content (AvgIpc) is 3.62. The van der Waals surface area contributed by atoms with Gasteiger partial charge in [-0.05, 0) is 119 Å². The standard InChI is InChI=1S/C53H51N3O/c1-33-18-21-36(22-19-33)38-24-25-54-46(31-38)40-28-39(29-42(30-40)53(7,8)9)43-16-13-17-48-49(43)55-51(45-32-41(52(4,5)6)27-35(3)50(45)57)56(48)47-23-20-34(2)26-44(47)37-14-11-10-12-15-37/h10-32,57H,1-9H3/i18D,19D,21D,22D. The van der Waals surface area contributed by atoms with E-state index in [9.17, 15) is 5.11 Å². The number of hydrogen-bond donors (Lipinski definition) is 1. The Balaban J connectivity index is 1.42. The van der Waals surface area contributed by atoms with Crippen LogP contribution in [-0.2, 0) is 10.8 Å². The Morgan fingerprint density at radius 1 is 0.561 bits per heavy atom. The van der Waals surface area contributed by atoms with Crippen molar-refractivity contribution in [3.8, 4) is 67.5 Å². The number of hydrogen-bond acceptors (Lipinski definition) is 3. The number of rotatable bonds is 6. The van der Waals surface area contributed by atoms with Crippen LogP contribution in [0.1, 0.15) is 74.8 Å². The Kier molecular flexibility index (Phi) is 8.29. The summed E-state index contributed by atoms with van der Waals surface area (Å²) >= 11 is 0. The number of aryl methyl sites for hydroxylation is 2. The van der Waals surface area contributed by atoms with Gasteiger partial charge in [0.15, 0.2) is 0 Å². The molecule has 4 heteroatoms. The van der Waals surface area contributed by atoms with Gasteiger partial charge in [0.2, 0.25) is 0 Å². The maximum atomic E-state index is 11.9. The highest BCUT2D eigenvalue weighted by molar-refractivity contribution is 5.98. The van der Waals surface area contributed by atoms with E-state index in [0.717, 1.165) is 66.8 Å². The van der Waals surface area contributed by atoms with Gasteiger partial charge in [-0.15, -0.1) is 0 Å². The Bertz CT molecular complexity index is 3000. The van der Waals surface area contributed by atoms with Gasteiger partial charge in [-0.1, -0.05) is 138 Å². The molecule has 284 valence electrons. The van der Waals surface area contributed by atoms with Gasteiger partial charge in [-0.25, -0.2) is 4.98 Å². The van der Waals surface area contributed by atoms with Crippen molar-refractivity contribution in [1.82, 2.24) is 14.5 Å². The van der Waals surface area contributed by atoms with Gasteiger partial charge in [0.05, 0.1) is 33.5 Å². The SMILES string of the molecule is [2H]c1c([2H])c(-c2ccnc(-c3cc(-c4cccc5c4nc(-c4cc(C(C)(C)C)cc(C)c4O)n5-c4ccc(C)cc4-c4ccccc4)cc(C(C)(C)C)c3)c2)c([2H])c([2H])c1C. The summed E-state index contributed by atoms with van der Waals surface area (Å²) in [5.41, 5.74) is 13.5. The first-order valence-electron chi connectivity index (χ1n) is 21.6. The maximum absolute atomic E-state index is 11.9. The molecule has 8 rings (SSSR count). The first kappa shape index (κ1) is 32.9. The highest BCUT2D eigenvalue weighted by Crippen LogP contribution is 2.43. The van der Waals surface area contributed by atoms with Crippen molar-refractivity contribution in [2.45, 2.75) is 73.1 Å². The van der Waals surface area contributed by atoms with Crippen molar-refractivity contribution in [2.75, 3.05) is 0 Å². The number of fused-ring (bicyclic) bond motifs is 1. The normalized spacial score (nSPS) is 13.0. The molecule has 57 heavy (non-hydrogen) atoms. The first-order valence-corrected chi connectivity index (χ1v) is 19.6. The Morgan fingerprint density at radius 3 is 1.98 bits per heavy atom. The molecule has 0 radical (unpaired) electrons. The fraction of sp³-hybridized carbons (Fsp3) is 0.208. The molecule has 4 nitrogen and oxygen atoms in total. The van der Waals surface area contributed by atoms with E-state index in [-0.39, 0.29) is 46.3 Å². The number of imidazole rings is 1. The lowest BCUT2D eigenvalue weighted by Gasteiger charge is -2.22. The van der Waals surface area contributed by atoms with E-state index < -0.39 is 0 Å². The number of phenols is 1. The van der Waals surface area contributed by atoms with E-state index >= 15 is 0 Å².